The summed E-state index contributed by atoms with van der Waals surface area (Å²) in [6.07, 6.45) is -3.07. The number of amides is 1. The quantitative estimate of drug-likeness (QED) is 0.101. The molecule has 54 heavy (non-hydrogen) atoms. The maximum Gasteiger partial charge on any atom is 0.421 e. The second-order valence-electron chi connectivity index (χ2n) is 13.2. The van der Waals surface area contributed by atoms with Crippen molar-refractivity contribution < 1.29 is 42.1 Å². The third-order valence-corrected chi connectivity index (χ3v) is 10.1. The molecule has 0 bridgehead atoms. The van der Waals surface area contributed by atoms with Crippen molar-refractivity contribution in [3.63, 3.8) is 0 Å². The number of aliphatic carboxylic acids is 1. The van der Waals surface area contributed by atoms with E-state index in [0.29, 0.717) is 54.5 Å². The number of carboxylic acid groups (broad SMARTS) is 1. The Morgan fingerprint density at radius 1 is 0.963 bits per heavy atom. The van der Waals surface area contributed by atoms with Gasteiger partial charge < -0.3 is 35.3 Å². The van der Waals surface area contributed by atoms with Crippen LogP contribution in [0.15, 0.2) is 54.6 Å². The topological polar surface area (TPSA) is 144 Å². The van der Waals surface area contributed by atoms with Crippen LogP contribution < -0.4 is 30.2 Å². The van der Waals surface area contributed by atoms with Crippen molar-refractivity contribution >= 4 is 23.5 Å². The highest BCUT2D eigenvalue weighted by Gasteiger charge is 2.39. The molecular weight excluding hydrogens is 727 g/mol. The van der Waals surface area contributed by atoms with Crippen LogP contribution in [0.5, 0.6) is 17.6 Å². The molecule has 2 aromatic carbocycles. The first-order chi connectivity index (χ1) is 25.9. The van der Waals surface area contributed by atoms with Gasteiger partial charge in [0.1, 0.15) is 17.7 Å². The second-order valence-corrected chi connectivity index (χ2v) is 13.5. The lowest BCUT2D eigenvalue weighted by Crippen LogP contribution is -2.35. The van der Waals surface area contributed by atoms with E-state index in [0.717, 1.165) is 40.3 Å². The molecule has 4 N–H and O–H groups in total. The lowest BCUT2D eigenvalue weighted by Gasteiger charge is -2.21. The van der Waals surface area contributed by atoms with Crippen molar-refractivity contribution in [3.05, 3.63) is 87.4 Å². The molecule has 1 aliphatic carbocycles. The molecule has 1 aliphatic heterocycles. The van der Waals surface area contributed by atoms with Gasteiger partial charge in [0.15, 0.2) is 0 Å². The normalized spacial score (nSPS) is 17.2. The second kappa shape index (κ2) is 16.6. The van der Waals surface area contributed by atoms with E-state index in [9.17, 15) is 27.9 Å². The lowest BCUT2D eigenvalue weighted by atomic mass is 9.94. The zero-order valence-electron chi connectivity index (χ0n) is 30.0. The number of aromatic nitrogens is 2. The van der Waals surface area contributed by atoms with E-state index in [-0.39, 0.29) is 36.4 Å². The number of hydrogen-bond donors (Lipinski definition) is 4. The van der Waals surface area contributed by atoms with Gasteiger partial charge in [0.25, 0.3) is 0 Å². The van der Waals surface area contributed by atoms with Crippen LogP contribution in [-0.4, -0.2) is 59.8 Å². The summed E-state index contributed by atoms with van der Waals surface area (Å²) in [5.41, 5.74) is 4.26. The predicted octanol–water partition coefficient (Wildman–Crippen LogP) is 6.89. The fraction of sp³-hybridized carbons (Fsp3) is 0.385. The number of nitrogens with one attached hydrogen (secondary N) is 3. The minimum absolute atomic E-state index is 0.0505. The van der Waals surface area contributed by atoms with Crippen LogP contribution in [0.2, 0.25) is 5.02 Å². The van der Waals surface area contributed by atoms with E-state index in [1.807, 2.05) is 48.5 Å². The van der Waals surface area contributed by atoms with Crippen molar-refractivity contribution in [2.24, 2.45) is 0 Å². The fourth-order valence-electron chi connectivity index (χ4n) is 6.96. The van der Waals surface area contributed by atoms with Gasteiger partial charge in [-0.1, -0.05) is 61.0 Å². The lowest BCUT2D eigenvalue weighted by molar-refractivity contribution is -0.140. The van der Waals surface area contributed by atoms with Gasteiger partial charge in [0.2, 0.25) is 23.5 Å². The molecule has 0 radical (unpaired) electrons. The number of halogens is 4. The molecule has 1 unspecified atom stereocenters. The summed E-state index contributed by atoms with van der Waals surface area (Å²) in [6, 6.07) is 15.0. The molecule has 4 aromatic rings. The maximum absolute atomic E-state index is 14.4. The van der Waals surface area contributed by atoms with Crippen LogP contribution in [0.3, 0.4) is 0 Å². The molecule has 15 heteroatoms. The molecule has 1 saturated heterocycles. The Bertz CT molecular complexity index is 2030. The van der Waals surface area contributed by atoms with Crippen molar-refractivity contribution in [1.29, 1.82) is 0 Å². The van der Waals surface area contributed by atoms with Gasteiger partial charge >= 0.3 is 12.1 Å². The molecule has 1 amide bonds. The van der Waals surface area contributed by atoms with Crippen LogP contribution >= 0.6 is 11.6 Å². The Labute approximate surface area is 315 Å². The van der Waals surface area contributed by atoms with Crippen LogP contribution in [-0.2, 0) is 35.3 Å². The van der Waals surface area contributed by atoms with Gasteiger partial charge in [-0.15, -0.1) is 0 Å². The summed E-state index contributed by atoms with van der Waals surface area (Å²) in [7, 11) is 2.83. The number of alkyl halides is 3. The van der Waals surface area contributed by atoms with Crippen LogP contribution in [0.25, 0.3) is 22.4 Å². The van der Waals surface area contributed by atoms with E-state index in [4.69, 9.17) is 30.8 Å². The van der Waals surface area contributed by atoms with Gasteiger partial charge in [-0.2, -0.15) is 18.2 Å². The number of pyridine rings is 2. The van der Waals surface area contributed by atoms with E-state index >= 15 is 0 Å². The Hall–Kier alpha value is -4.92. The molecule has 3 heterocycles. The summed E-state index contributed by atoms with van der Waals surface area (Å²) in [6.45, 7) is 2.58. The number of methoxy groups -OCH3 is 2. The largest absolute Gasteiger partial charge is 0.481 e. The highest BCUT2D eigenvalue weighted by molar-refractivity contribution is 6.36. The monoisotopic (exact) mass is 767 g/mol. The Kier molecular flexibility index (Phi) is 11.9. The highest BCUT2D eigenvalue weighted by atomic mass is 35.5. The summed E-state index contributed by atoms with van der Waals surface area (Å²) in [5, 5.41) is 18.9. The Balaban J connectivity index is 1.25. The van der Waals surface area contributed by atoms with Gasteiger partial charge in [-0.05, 0) is 54.5 Å². The van der Waals surface area contributed by atoms with Gasteiger partial charge in [-0.3, -0.25) is 9.59 Å². The summed E-state index contributed by atoms with van der Waals surface area (Å²) in [5.74, 6) is -1.34. The summed E-state index contributed by atoms with van der Waals surface area (Å²) < 4.78 is 60.2. The van der Waals surface area contributed by atoms with Gasteiger partial charge in [-0.25, -0.2) is 4.98 Å². The number of carboxylic acids is 1. The number of nitrogens with zero attached hydrogens (tertiary/aromatic N) is 2. The number of benzene rings is 2. The molecule has 0 saturated carbocycles. The maximum atomic E-state index is 14.4. The number of carbonyl (C=O) groups is 2. The molecule has 6 rings (SSSR count). The SMILES string of the molecule is CCC(NCc1cc(C(F)(F)F)c(O[C@H]2CCc3c(-c4cccc(-c5ccc(CNC[C@@H]6CCC(=O)N6)c(OC)n5)c4Cl)cccc32)nc1OC)C(=O)O. The minimum Gasteiger partial charge on any atom is -0.481 e. The van der Waals surface area contributed by atoms with E-state index in [1.165, 1.54) is 7.11 Å². The van der Waals surface area contributed by atoms with Crippen molar-refractivity contribution in [1.82, 2.24) is 25.9 Å². The molecule has 1 fully saturated rings. The highest BCUT2D eigenvalue weighted by Crippen LogP contribution is 2.46. The molecule has 0 spiro atoms. The third-order valence-electron chi connectivity index (χ3n) is 9.73. The predicted molar refractivity (Wildman–Crippen MR) is 196 cm³/mol. The molecule has 2 aliphatic rings. The summed E-state index contributed by atoms with van der Waals surface area (Å²) in [4.78, 5) is 31.9. The van der Waals surface area contributed by atoms with Gasteiger partial charge in [0.05, 0.1) is 24.9 Å². The number of fused-ring (bicyclic) bond motifs is 1. The summed E-state index contributed by atoms with van der Waals surface area (Å²) >= 11 is 7.09. The standard InChI is InChI=1S/C39H41ClF3N5O6/c1-4-30(38(50)51)45-19-22-17-29(39(41,42)43)37(48-36(22)53-3)54-32-15-13-25-24(7-5-8-26(25)32)27-9-6-10-28(34(27)40)31-14-11-21(35(47-31)52-2)18-44-20-23-12-16-33(49)46-23/h5-11,14,17,23,30,32,44-45H,4,12-13,15-16,18-20H2,1-3H3,(H,46,49)(H,50,51)/t23-,30?,32-/m0/s1. The fourth-order valence-corrected chi connectivity index (χ4v) is 7.29. The zero-order valence-corrected chi connectivity index (χ0v) is 30.7. The molecule has 3 atom stereocenters. The average molecular weight is 768 g/mol. The van der Waals surface area contributed by atoms with Crippen molar-refractivity contribution in [2.75, 3.05) is 20.8 Å². The first-order valence-corrected chi connectivity index (χ1v) is 18.0. The van der Waals surface area contributed by atoms with Crippen molar-refractivity contribution in [2.45, 2.75) is 76.5 Å². The first-order valence-electron chi connectivity index (χ1n) is 17.6. The average Bonchev–Trinajstić information content (AvgIpc) is 3.77. The van der Waals surface area contributed by atoms with Crippen molar-refractivity contribution in [3.8, 4) is 40.0 Å². The number of carbonyl (C=O) groups excluding carboxylic acids is 1. The zero-order chi connectivity index (χ0) is 38.6. The van der Waals surface area contributed by atoms with E-state index in [2.05, 4.69) is 20.9 Å². The number of hydrogen-bond acceptors (Lipinski definition) is 9. The molecule has 11 nitrogen and oxygen atoms in total. The van der Waals surface area contributed by atoms with Crippen LogP contribution in [0.1, 0.15) is 66.5 Å². The van der Waals surface area contributed by atoms with Gasteiger partial charge in [0, 0.05) is 54.4 Å². The Morgan fingerprint density at radius 2 is 1.69 bits per heavy atom. The van der Waals surface area contributed by atoms with E-state index < -0.39 is 35.7 Å². The first kappa shape index (κ1) is 38.8. The number of ether oxygens (including phenoxy) is 3. The number of rotatable bonds is 15. The van der Waals surface area contributed by atoms with Crippen LogP contribution in [0.4, 0.5) is 13.2 Å². The molecular formula is C39H41ClF3N5O6. The third kappa shape index (κ3) is 8.40. The molecule has 2 aromatic heterocycles. The Morgan fingerprint density at radius 3 is 2.37 bits per heavy atom. The van der Waals surface area contributed by atoms with E-state index in [1.54, 1.807) is 14.0 Å². The molecule has 286 valence electrons. The smallest absolute Gasteiger partial charge is 0.421 e. The minimum atomic E-state index is -4.81. The van der Waals surface area contributed by atoms with Crippen LogP contribution in [0, 0.1) is 0 Å².